The standard InChI is InChI=1S/C24H17N5O2S/c25-13-18-22(20-6-3-10-31-20)19(14-26)24(29-23(18)27)32-11-9-21(30)28-17-8-7-15-4-1-2-5-16(15)12-17/h1-8,10,12H,9,11H2,(H2,27,29)(H,28,30). The van der Waals surface area contributed by atoms with Gasteiger partial charge in [0.25, 0.3) is 0 Å². The van der Waals surface area contributed by atoms with E-state index < -0.39 is 0 Å². The predicted molar refractivity (Wildman–Crippen MR) is 124 cm³/mol. The molecule has 0 bridgehead atoms. The number of fused-ring (bicyclic) bond motifs is 1. The summed E-state index contributed by atoms with van der Waals surface area (Å²) in [6.07, 6.45) is 1.66. The number of rotatable bonds is 6. The summed E-state index contributed by atoms with van der Waals surface area (Å²) in [5, 5.41) is 24.6. The number of thioether (sulfide) groups is 1. The van der Waals surface area contributed by atoms with Crippen LogP contribution in [0.15, 0.2) is 70.3 Å². The molecule has 4 aromatic rings. The summed E-state index contributed by atoms with van der Waals surface area (Å²) in [4.78, 5) is 16.6. The number of hydrogen-bond donors (Lipinski definition) is 2. The topological polar surface area (TPSA) is 129 Å². The molecule has 0 saturated heterocycles. The fourth-order valence-electron chi connectivity index (χ4n) is 3.30. The fraction of sp³-hybridized carbons (Fsp3) is 0.0833. The summed E-state index contributed by atoms with van der Waals surface area (Å²) in [7, 11) is 0. The number of aromatic nitrogens is 1. The Hall–Kier alpha value is -4.27. The number of hydrogen-bond acceptors (Lipinski definition) is 7. The summed E-state index contributed by atoms with van der Waals surface area (Å²) < 4.78 is 5.40. The molecule has 8 heteroatoms. The molecule has 3 N–H and O–H groups in total. The molecule has 0 aliphatic rings. The molecule has 0 unspecified atom stereocenters. The average Bonchev–Trinajstić information content (AvgIpc) is 3.33. The third-order valence-electron chi connectivity index (χ3n) is 4.78. The van der Waals surface area contributed by atoms with Gasteiger partial charge in [-0.1, -0.05) is 30.3 Å². The summed E-state index contributed by atoms with van der Waals surface area (Å²) in [6, 6.07) is 21.1. The van der Waals surface area contributed by atoms with Crippen LogP contribution in [0.2, 0.25) is 0 Å². The van der Waals surface area contributed by atoms with Crippen molar-refractivity contribution >= 4 is 39.9 Å². The van der Waals surface area contributed by atoms with Gasteiger partial charge >= 0.3 is 0 Å². The van der Waals surface area contributed by atoms with Crippen LogP contribution in [0, 0.1) is 22.7 Å². The van der Waals surface area contributed by atoms with Gasteiger partial charge in [-0.15, -0.1) is 11.8 Å². The Kier molecular flexibility index (Phi) is 6.07. The molecule has 0 spiro atoms. The van der Waals surface area contributed by atoms with E-state index in [1.54, 1.807) is 12.1 Å². The van der Waals surface area contributed by atoms with Gasteiger partial charge in [-0.3, -0.25) is 4.79 Å². The predicted octanol–water partition coefficient (Wildman–Crippen LogP) is 4.94. The number of furan rings is 1. The number of anilines is 2. The van der Waals surface area contributed by atoms with Crippen molar-refractivity contribution < 1.29 is 9.21 Å². The van der Waals surface area contributed by atoms with E-state index in [-0.39, 0.29) is 29.3 Å². The number of nitrogens with two attached hydrogens (primary N) is 1. The zero-order valence-corrected chi connectivity index (χ0v) is 17.6. The van der Waals surface area contributed by atoms with Gasteiger partial charge in [0, 0.05) is 17.9 Å². The molecule has 2 heterocycles. The van der Waals surface area contributed by atoms with Crippen LogP contribution < -0.4 is 11.1 Å². The van der Waals surface area contributed by atoms with Crippen LogP contribution in [-0.2, 0) is 4.79 Å². The number of amides is 1. The first-order chi connectivity index (χ1) is 15.6. The first-order valence-corrected chi connectivity index (χ1v) is 10.7. The Balaban J connectivity index is 1.48. The molecule has 156 valence electrons. The van der Waals surface area contributed by atoms with Gasteiger partial charge in [0.1, 0.15) is 34.3 Å². The normalized spacial score (nSPS) is 10.4. The Morgan fingerprint density at radius 1 is 1.06 bits per heavy atom. The lowest BCUT2D eigenvalue weighted by molar-refractivity contribution is -0.115. The third-order valence-corrected chi connectivity index (χ3v) is 5.76. The van der Waals surface area contributed by atoms with Gasteiger partial charge in [0.05, 0.1) is 17.4 Å². The minimum atomic E-state index is -0.154. The number of nitriles is 2. The SMILES string of the molecule is N#Cc1c(N)nc(SCCC(=O)Nc2ccc3ccccc3c2)c(C#N)c1-c1ccco1. The van der Waals surface area contributed by atoms with Crippen molar-refractivity contribution in [3.8, 4) is 23.5 Å². The summed E-state index contributed by atoms with van der Waals surface area (Å²) in [5.74, 6) is 0.604. The lowest BCUT2D eigenvalue weighted by Crippen LogP contribution is -2.12. The van der Waals surface area contributed by atoms with E-state index in [9.17, 15) is 15.3 Å². The Morgan fingerprint density at radius 3 is 2.56 bits per heavy atom. The first kappa shape index (κ1) is 21.0. The smallest absolute Gasteiger partial charge is 0.225 e. The summed E-state index contributed by atoms with van der Waals surface area (Å²) >= 11 is 1.23. The molecule has 4 rings (SSSR count). The van der Waals surface area contributed by atoms with Crippen molar-refractivity contribution in [3.05, 3.63) is 72.0 Å². The number of benzene rings is 2. The maximum Gasteiger partial charge on any atom is 0.225 e. The van der Waals surface area contributed by atoms with Crippen LogP contribution in [0.1, 0.15) is 17.5 Å². The molecular weight excluding hydrogens is 422 g/mol. The van der Waals surface area contributed by atoms with Gasteiger partial charge in [0.2, 0.25) is 5.91 Å². The van der Waals surface area contributed by atoms with E-state index in [1.165, 1.54) is 18.0 Å². The molecule has 0 fully saturated rings. The Bertz CT molecular complexity index is 1380. The summed E-state index contributed by atoms with van der Waals surface area (Å²) in [6.45, 7) is 0. The van der Waals surface area contributed by atoms with Crippen molar-refractivity contribution in [1.82, 2.24) is 4.98 Å². The van der Waals surface area contributed by atoms with Crippen molar-refractivity contribution in [2.45, 2.75) is 11.4 Å². The van der Waals surface area contributed by atoms with Crippen molar-refractivity contribution in [1.29, 1.82) is 10.5 Å². The molecule has 2 aromatic heterocycles. The minimum absolute atomic E-state index is 0.0148. The lowest BCUT2D eigenvalue weighted by Gasteiger charge is -2.11. The van der Waals surface area contributed by atoms with Crippen molar-refractivity contribution in [2.75, 3.05) is 16.8 Å². The fourth-order valence-corrected chi connectivity index (χ4v) is 4.24. The van der Waals surface area contributed by atoms with E-state index in [4.69, 9.17) is 10.2 Å². The highest BCUT2D eigenvalue weighted by molar-refractivity contribution is 7.99. The lowest BCUT2D eigenvalue weighted by atomic mass is 10.0. The quantitative estimate of drug-likeness (QED) is 0.407. The van der Waals surface area contributed by atoms with E-state index in [0.717, 1.165) is 16.5 Å². The number of nitrogen functional groups attached to an aromatic ring is 1. The number of carbonyl (C=O) groups excluding carboxylic acids is 1. The van der Waals surface area contributed by atoms with Crippen LogP contribution in [0.3, 0.4) is 0 Å². The second-order valence-corrected chi connectivity index (χ2v) is 7.92. The second kappa shape index (κ2) is 9.25. The van der Waals surface area contributed by atoms with Crippen molar-refractivity contribution in [2.24, 2.45) is 0 Å². The molecule has 0 radical (unpaired) electrons. The molecular formula is C24H17N5O2S. The van der Waals surface area contributed by atoms with Crippen LogP contribution >= 0.6 is 11.8 Å². The van der Waals surface area contributed by atoms with E-state index in [2.05, 4.69) is 16.4 Å². The number of pyridine rings is 1. The molecule has 2 aromatic carbocycles. The highest BCUT2D eigenvalue weighted by Gasteiger charge is 2.22. The monoisotopic (exact) mass is 439 g/mol. The second-order valence-electron chi connectivity index (χ2n) is 6.84. The van der Waals surface area contributed by atoms with Crippen LogP contribution in [0.4, 0.5) is 11.5 Å². The highest BCUT2D eigenvalue weighted by atomic mass is 32.2. The molecule has 1 amide bonds. The maximum atomic E-state index is 12.4. The van der Waals surface area contributed by atoms with Crippen LogP contribution in [0.5, 0.6) is 0 Å². The van der Waals surface area contributed by atoms with Gasteiger partial charge in [-0.25, -0.2) is 4.98 Å². The van der Waals surface area contributed by atoms with Gasteiger partial charge in [-0.2, -0.15) is 10.5 Å². The van der Waals surface area contributed by atoms with Crippen LogP contribution in [-0.4, -0.2) is 16.6 Å². The van der Waals surface area contributed by atoms with Gasteiger partial charge in [-0.05, 0) is 35.0 Å². The Morgan fingerprint density at radius 2 is 1.84 bits per heavy atom. The van der Waals surface area contributed by atoms with Gasteiger partial charge in [0.15, 0.2) is 0 Å². The zero-order valence-electron chi connectivity index (χ0n) is 16.8. The highest BCUT2D eigenvalue weighted by Crippen LogP contribution is 2.36. The van der Waals surface area contributed by atoms with Crippen molar-refractivity contribution in [3.63, 3.8) is 0 Å². The average molecular weight is 440 g/mol. The van der Waals surface area contributed by atoms with E-state index in [0.29, 0.717) is 22.1 Å². The van der Waals surface area contributed by atoms with Gasteiger partial charge < -0.3 is 15.5 Å². The molecule has 0 atom stereocenters. The molecule has 7 nitrogen and oxygen atoms in total. The maximum absolute atomic E-state index is 12.4. The Labute approximate surface area is 188 Å². The van der Waals surface area contributed by atoms with E-state index >= 15 is 0 Å². The molecule has 0 aliphatic carbocycles. The van der Waals surface area contributed by atoms with Crippen LogP contribution in [0.25, 0.3) is 22.1 Å². The first-order valence-electron chi connectivity index (χ1n) is 9.69. The minimum Gasteiger partial charge on any atom is -0.464 e. The third kappa shape index (κ3) is 4.27. The summed E-state index contributed by atoms with van der Waals surface area (Å²) in [5.41, 5.74) is 7.29. The molecule has 0 saturated carbocycles. The molecule has 32 heavy (non-hydrogen) atoms. The zero-order chi connectivity index (χ0) is 22.5. The number of carbonyl (C=O) groups is 1. The molecule has 0 aliphatic heterocycles. The number of nitrogens with zero attached hydrogens (tertiary/aromatic N) is 3. The largest absolute Gasteiger partial charge is 0.464 e. The van der Waals surface area contributed by atoms with E-state index in [1.807, 2.05) is 48.5 Å². The number of nitrogens with one attached hydrogen (secondary N) is 1.